The molecule has 0 radical (unpaired) electrons. The van der Waals surface area contributed by atoms with Gasteiger partial charge < -0.3 is 9.32 Å². The van der Waals surface area contributed by atoms with E-state index in [9.17, 15) is 0 Å². The normalized spacial score (nSPS) is 11.8. The van der Waals surface area contributed by atoms with E-state index in [0.717, 1.165) is 55.5 Å². The molecular weight excluding hydrogens is 663 g/mol. The van der Waals surface area contributed by atoms with E-state index in [0.29, 0.717) is 0 Å². The van der Waals surface area contributed by atoms with Crippen LogP contribution in [0.15, 0.2) is 192 Å². The Bertz CT molecular complexity index is 3160. The second-order valence-corrected chi connectivity index (χ2v) is 14.7. The van der Waals surface area contributed by atoms with E-state index >= 15 is 0 Å². The molecule has 9 aromatic carbocycles. The number of hydrogen-bond donors (Lipinski definition) is 0. The molecule has 0 spiro atoms. The molecule has 0 atom stereocenters. The highest BCUT2D eigenvalue weighted by molar-refractivity contribution is 7.26. The Morgan fingerprint density at radius 3 is 1.77 bits per heavy atom. The van der Waals surface area contributed by atoms with Gasteiger partial charge in [0.2, 0.25) is 0 Å². The molecule has 2 nitrogen and oxygen atoms in total. The topological polar surface area (TPSA) is 16.4 Å². The average Bonchev–Trinajstić information content (AvgIpc) is 3.82. The van der Waals surface area contributed by atoms with Gasteiger partial charge in [-0.05, 0) is 80.9 Å². The van der Waals surface area contributed by atoms with Gasteiger partial charge in [-0.3, -0.25) is 0 Å². The molecule has 0 saturated heterocycles. The number of anilines is 3. The quantitative estimate of drug-likeness (QED) is 0.167. The fourth-order valence-corrected chi connectivity index (χ4v) is 9.49. The molecule has 2 heterocycles. The van der Waals surface area contributed by atoms with Crippen LogP contribution in [-0.4, -0.2) is 0 Å². The van der Waals surface area contributed by atoms with Gasteiger partial charge in [-0.2, -0.15) is 0 Å². The molecule has 0 aliphatic rings. The molecule has 2 aromatic heterocycles. The smallest absolute Gasteiger partial charge is 0.143 e. The Morgan fingerprint density at radius 1 is 0.396 bits per heavy atom. The minimum absolute atomic E-state index is 0.867. The average molecular weight is 694 g/mol. The van der Waals surface area contributed by atoms with Crippen LogP contribution >= 0.6 is 11.3 Å². The summed E-state index contributed by atoms with van der Waals surface area (Å²) in [6.45, 7) is 0. The molecule has 0 aliphatic carbocycles. The Kier molecular flexibility index (Phi) is 6.76. The van der Waals surface area contributed by atoms with Gasteiger partial charge in [-0.15, -0.1) is 11.3 Å². The highest BCUT2D eigenvalue weighted by atomic mass is 32.1. The monoisotopic (exact) mass is 693 g/mol. The first kappa shape index (κ1) is 30.0. The first-order valence-electron chi connectivity index (χ1n) is 18.0. The van der Waals surface area contributed by atoms with Crippen LogP contribution < -0.4 is 4.90 Å². The molecule has 0 aliphatic heterocycles. The van der Waals surface area contributed by atoms with Crippen molar-refractivity contribution in [1.29, 1.82) is 0 Å². The van der Waals surface area contributed by atoms with E-state index in [1.54, 1.807) is 0 Å². The van der Waals surface area contributed by atoms with Gasteiger partial charge >= 0.3 is 0 Å². The summed E-state index contributed by atoms with van der Waals surface area (Å²) in [5.41, 5.74) is 9.73. The number of fused-ring (bicyclic) bond motifs is 11. The van der Waals surface area contributed by atoms with Crippen molar-refractivity contribution in [2.75, 3.05) is 4.90 Å². The number of furan rings is 1. The van der Waals surface area contributed by atoms with Gasteiger partial charge in [0.05, 0.1) is 11.1 Å². The van der Waals surface area contributed by atoms with Gasteiger partial charge in [-0.25, -0.2) is 0 Å². The van der Waals surface area contributed by atoms with E-state index in [1.165, 1.54) is 47.5 Å². The van der Waals surface area contributed by atoms with Crippen LogP contribution in [0.2, 0.25) is 0 Å². The highest BCUT2D eigenvalue weighted by Gasteiger charge is 2.24. The summed E-state index contributed by atoms with van der Waals surface area (Å²) in [4.78, 5) is 2.40. The maximum atomic E-state index is 7.02. The van der Waals surface area contributed by atoms with Crippen LogP contribution in [0.1, 0.15) is 0 Å². The third kappa shape index (κ3) is 4.71. The lowest BCUT2D eigenvalue weighted by molar-refractivity contribution is 0.673. The number of para-hydroxylation sites is 1. The minimum Gasteiger partial charge on any atom is -0.455 e. The summed E-state index contributed by atoms with van der Waals surface area (Å²) in [6, 6.07) is 67.7. The molecule has 0 N–H and O–H groups in total. The number of rotatable bonds is 5. The van der Waals surface area contributed by atoms with Crippen molar-refractivity contribution in [2.45, 2.75) is 0 Å². The van der Waals surface area contributed by atoms with Gasteiger partial charge in [0, 0.05) is 42.3 Å². The second kappa shape index (κ2) is 11.9. The molecule has 3 heteroatoms. The van der Waals surface area contributed by atoms with Crippen LogP contribution in [0.25, 0.3) is 85.9 Å². The summed E-state index contributed by atoms with van der Waals surface area (Å²) in [5, 5.41) is 9.60. The summed E-state index contributed by atoms with van der Waals surface area (Å²) < 4.78 is 9.65. The summed E-state index contributed by atoms with van der Waals surface area (Å²) in [6.07, 6.45) is 0. The third-order valence-corrected chi connectivity index (χ3v) is 11.9. The van der Waals surface area contributed by atoms with Gasteiger partial charge in [0.1, 0.15) is 11.2 Å². The van der Waals surface area contributed by atoms with Gasteiger partial charge in [-0.1, -0.05) is 146 Å². The van der Waals surface area contributed by atoms with Crippen LogP contribution in [0.4, 0.5) is 17.1 Å². The molecule has 0 fully saturated rings. The summed E-state index contributed by atoms with van der Waals surface area (Å²) >= 11 is 1.87. The standard InChI is InChI=1S/C50H31NOS/c1-3-14-32(15-4-1)34-30-44(48-45(31-34)52-49-42-22-10-8-19-39(42)38-18-7-9-21-41(38)47(48)49)51(35-16-5-2-6-17-35)36-28-26-33(27-29-36)37-23-13-24-43-40-20-11-12-25-46(40)53-50(37)43/h1-31H. The molecule has 0 amide bonds. The molecule has 11 aromatic rings. The Labute approximate surface area is 310 Å². The van der Waals surface area contributed by atoms with Crippen LogP contribution in [-0.2, 0) is 0 Å². The number of thiophene rings is 1. The van der Waals surface area contributed by atoms with Crippen molar-refractivity contribution in [2.24, 2.45) is 0 Å². The van der Waals surface area contributed by atoms with E-state index in [-0.39, 0.29) is 0 Å². The first-order valence-corrected chi connectivity index (χ1v) is 18.8. The van der Waals surface area contributed by atoms with Crippen molar-refractivity contribution >= 4 is 92.1 Å². The molecule has 0 bridgehead atoms. The minimum atomic E-state index is 0.867. The van der Waals surface area contributed by atoms with Crippen LogP contribution in [0.3, 0.4) is 0 Å². The predicted octanol–water partition coefficient (Wildman–Crippen LogP) is 15.1. The lowest BCUT2D eigenvalue weighted by atomic mass is 9.95. The molecule has 53 heavy (non-hydrogen) atoms. The van der Waals surface area contributed by atoms with Crippen molar-refractivity contribution in [3.8, 4) is 22.3 Å². The zero-order chi connectivity index (χ0) is 34.9. The fraction of sp³-hybridized carbons (Fsp3) is 0. The Hall–Kier alpha value is -6.68. The maximum Gasteiger partial charge on any atom is 0.143 e. The molecule has 0 unspecified atom stereocenters. The summed E-state index contributed by atoms with van der Waals surface area (Å²) in [5.74, 6) is 0. The van der Waals surface area contributed by atoms with Gasteiger partial charge in [0.15, 0.2) is 0 Å². The van der Waals surface area contributed by atoms with E-state index < -0.39 is 0 Å². The van der Waals surface area contributed by atoms with E-state index in [1.807, 2.05) is 11.3 Å². The lowest BCUT2D eigenvalue weighted by Gasteiger charge is -2.27. The molecule has 11 rings (SSSR count). The number of benzene rings is 9. The maximum absolute atomic E-state index is 7.02. The largest absolute Gasteiger partial charge is 0.455 e. The Balaban J connectivity index is 1.19. The fourth-order valence-electron chi connectivity index (χ4n) is 8.25. The molecule has 0 saturated carbocycles. The van der Waals surface area contributed by atoms with E-state index in [2.05, 4.69) is 193 Å². The van der Waals surface area contributed by atoms with Crippen molar-refractivity contribution in [3.05, 3.63) is 188 Å². The Morgan fingerprint density at radius 2 is 1.00 bits per heavy atom. The SMILES string of the molecule is c1ccc(-c2cc(N(c3ccccc3)c3ccc(-c4cccc5c4sc4ccccc45)cc3)c3c(c2)oc2c4ccccc4c4ccccc4c23)cc1. The molecular formula is C50H31NOS. The highest BCUT2D eigenvalue weighted by Crippen LogP contribution is 2.49. The van der Waals surface area contributed by atoms with Crippen LogP contribution in [0, 0.1) is 0 Å². The number of hydrogen-bond acceptors (Lipinski definition) is 3. The van der Waals surface area contributed by atoms with E-state index in [4.69, 9.17) is 4.42 Å². The third-order valence-electron chi connectivity index (χ3n) is 10.6. The zero-order valence-corrected chi connectivity index (χ0v) is 29.5. The zero-order valence-electron chi connectivity index (χ0n) is 28.7. The van der Waals surface area contributed by atoms with Gasteiger partial charge in [0.25, 0.3) is 0 Å². The lowest BCUT2D eigenvalue weighted by Crippen LogP contribution is -2.10. The van der Waals surface area contributed by atoms with Crippen LogP contribution in [0.5, 0.6) is 0 Å². The van der Waals surface area contributed by atoms with Crippen molar-refractivity contribution in [1.82, 2.24) is 0 Å². The second-order valence-electron chi connectivity index (χ2n) is 13.6. The summed E-state index contributed by atoms with van der Waals surface area (Å²) in [7, 11) is 0. The van der Waals surface area contributed by atoms with Crippen molar-refractivity contribution in [3.63, 3.8) is 0 Å². The molecule has 248 valence electrons. The number of nitrogens with zero attached hydrogens (tertiary/aromatic N) is 1. The van der Waals surface area contributed by atoms with Crippen molar-refractivity contribution < 1.29 is 4.42 Å². The first-order chi connectivity index (χ1) is 26.3. The predicted molar refractivity (Wildman–Crippen MR) is 227 cm³/mol.